The van der Waals surface area contributed by atoms with Crippen LogP contribution in [0.4, 0.5) is 0 Å². The molecule has 2 nitrogen and oxygen atoms in total. The van der Waals surface area contributed by atoms with Crippen molar-refractivity contribution in [2.45, 2.75) is 39.0 Å². The molecule has 26 heavy (non-hydrogen) atoms. The van der Waals surface area contributed by atoms with Crippen LogP contribution in [0.2, 0.25) is 0 Å². The first-order valence-electron chi connectivity index (χ1n) is 9.57. The minimum atomic E-state index is 0.482. The van der Waals surface area contributed by atoms with E-state index in [2.05, 4.69) is 109 Å². The summed E-state index contributed by atoms with van der Waals surface area (Å²) in [4.78, 5) is 0. The molecule has 0 fully saturated rings. The summed E-state index contributed by atoms with van der Waals surface area (Å²) in [5.74, 6) is 0. The van der Waals surface area contributed by atoms with Gasteiger partial charge in [0, 0.05) is 22.3 Å². The Bertz CT molecular complexity index is 698. The second kappa shape index (κ2) is 9.33. The molecule has 3 aromatic rings. The van der Waals surface area contributed by atoms with Crippen molar-refractivity contribution >= 4 is 0 Å². The van der Waals surface area contributed by atoms with E-state index in [1.807, 2.05) is 0 Å². The fourth-order valence-corrected chi connectivity index (χ4v) is 3.22. The van der Waals surface area contributed by atoms with Gasteiger partial charge in [0.25, 0.3) is 0 Å². The van der Waals surface area contributed by atoms with Crippen LogP contribution >= 0.6 is 0 Å². The lowest BCUT2D eigenvalue weighted by Crippen LogP contribution is -2.83. The zero-order valence-electron chi connectivity index (χ0n) is 15.8. The topological polar surface area (TPSA) is 33.2 Å². The zero-order valence-corrected chi connectivity index (χ0v) is 15.8. The number of rotatable bonds is 8. The Hall–Kier alpha value is -2.42. The first kappa shape index (κ1) is 18.4. The van der Waals surface area contributed by atoms with Crippen LogP contribution in [0.5, 0.6) is 0 Å². The van der Waals surface area contributed by atoms with Gasteiger partial charge in [-0.2, -0.15) is 0 Å². The number of hydrogen-bond donors (Lipinski definition) is 2. The molecule has 0 aromatic heterocycles. The molecule has 134 valence electrons. The van der Waals surface area contributed by atoms with E-state index in [0.29, 0.717) is 12.1 Å². The van der Waals surface area contributed by atoms with Crippen LogP contribution in [0.15, 0.2) is 84.9 Å². The summed E-state index contributed by atoms with van der Waals surface area (Å²) in [6.07, 6.45) is 0. The second-order valence-electron chi connectivity index (χ2n) is 7.09. The molecule has 0 saturated carbocycles. The van der Waals surface area contributed by atoms with Crippen LogP contribution in [0.25, 0.3) is 0 Å². The van der Waals surface area contributed by atoms with Crippen molar-refractivity contribution in [2.75, 3.05) is 0 Å². The Kier molecular flexibility index (Phi) is 6.59. The highest BCUT2D eigenvalue weighted by Crippen LogP contribution is 2.09. The molecule has 3 aromatic carbocycles. The Balaban J connectivity index is 1.47. The van der Waals surface area contributed by atoms with Crippen LogP contribution in [0.3, 0.4) is 0 Å². The van der Waals surface area contributed by atoms with E-state index in [4.69, 9.17) is 0 Å². The maximum absolute atomic E-state index is 2.40. The van der Waals surface area contributed by atoms with E-state index in [1.54, 1.807) is 0 Å². The average Bonchev–Trinajstić information content (AvgIpc) is 2.72. The van der Waals surface area contributed by atoms with Crippen molar-refractivity contribution in [3.8, 4) is 0 Å². The molecule has 4 N–H and O–H groups in total. The molecular formula is C24H30N2+2. The molecule has 0 bridgehead atoms. The van der Waals surface area contributed by atoms with Crippen LogP contribution in [0, 0.1) is 0 Å². The quantitative estimate of drug-likeness (QED) is 0.627. The highest BCUT2D eigenvalue weighted by Gasteiger charge is 2.09. The van der Waals surface area contributed by atoms with Gasteiger partial charge in [0.05, 0.1) is 0 Å². The summed E-state index contributed by atoms with van der Waals surface area (Å²) in [5.41, 5.74) is 5.53. The van der Waals surface area contributed by atoms with Gasteiger partial charge in [0.1, 0.15) is 25.2 Å². The summed E-state index contributed by atoms with van der Waals surface area (Å²) in [7, 11) is 0. The van der Waals surface area contributed by atoms with Crippen molar-refractivity contribution in [1.29, 1.82) is 0 Å². The lowest BCUT2D eigenvalue weighted by Gasteiger charge is -2.12. The monoisotopic (exact) mass is 346 g/mol. The largest absolute Gasteiger partial charge is 0.337 e. The summed E-state index contributed by atoms with van der Waals surface area (Å²) >= 11 is 0. The smallest absolute Gasteiger partial charge is 0.109 e. The van der Waals surface area contributed by atoms with Crippen molar-refractivity contribution in [3.63, 3.8) is 0 Å². The fourth-order valence-electron chi connectivity index (χ4n) is 3.22. The number of benzene rings is 3. The first-order valence-corrected chi connectivity index (χ1v) is 9.57. The Morgan fingerprint density at radius 3 is 1.23 bits per heavy atom. The minimum Gasteiger partial charge on any atom is -0.337 e. The van der Waals surface area contributed by atoms with Gasteiger partial charge in [-0.1, -0.05) is 84.9 Å². The van der Waals surface area contributed by atoms with E-state index in [1.165, 1.54) is 22.3 Å². The lowest BCUT2D eigenvalue weighted by atomic mass is 10.1. The molecule has 0 aliphatic rings. The predicted octanol–water partition coefficient (Wildman–Crippen LogP) is 3.34. The SMILES string of the molecule is C[C@H]([NH2+]Cc1ccc(C[NH2+][C@@H](C)c2ccccc2)cc1)c1ccccc1. The number of hydrogen-bond acceptors (Lipinski definition) is 0. The normalized spacial score (nSPS) is 13.3. The van der Waals surface area contributed by atoms with Crippen molar-refractivity contribution in [2.24, 2.45) is 0 Å². The maximum Gasteiger partial charge on any atom is 0.109 e. The third-order valence-electron chi connectivity index (χ3n) is 5.09. The lowest BCUT2D eigenvalue weighted by molar-refractivity contribution is -0.708. The third-order valence-corrected chi connectivity index (χ3v) is 5.09. The van der Waals surface area contributed by atoms with E-state index < -0.39 is 0 Å². The maximum atomic E-state index is 2.40. The molecule has 0 heterocycles. The van der Waals surface area contributed by atoms with Gasteiger partial charge in [0.15, 0.2) is 0 Å². The Morgan fingerprint density at radius 1 is 0.538 bits per heavy atom. The van der Waals surface area contributed by atoms with E-state index >= 15 is 0 Å². The molecule has 0 saturated heterocycles. The highest BCUT2D eigenvalue weighted by atomic mass is 14.9. The summed E-state index contributed by atoms with van der Waals surface area (Å²) < 4.78 is 0. The standard InChI is InChI=1S/C24H28N2/c1-19(23-9-5-3-6-10-23)25-17-21-13-15-22(16-14-21)18-26-20(2)24-11-7-4-8-12-24/h3-16,19-20,25-26H,17-18H2,1-2H3/p+2/t19-,20-/m0/s1. The van der Waals surface area contributed by atoms with Gasteiger partial charge in [-0.3, -0.25) is 0 Å². The van der Waals surface area contributed by atoms with Gasteiger partial charge in [-0.15, -0.1) is 0 Å². The fraction of sp³-hybridized carbons (Fsp3) is 0.250. The van der Waals surface area contributed by atoms with Crippen LogP contribution < -0.4 is 10.6 Å². The van der Waals surface area contributed by atoms with Crippen molar-refractivity contribution in [1.82, 2.24) is 0 Å². The Morgan fingerprint density at radius 2 is 0.885 bits per heavy atom. The van der Waals surface area contributed by atoms with Gasteiger partial charge >= 0.3 is 0 Å². The van der Waals surface area contributed by atoms with E-state index in [9.17, 15) is 0 Å². The molecular weight excluding hydrogens is 316 g/mol. The molecule has 3 rings (SSSR count). The number of quaternary nitrogens is 2. The molecule has 0 aliphatic heterocycles. The molecule has 2 heteroatoms. The van der Waals surface area contributed by atoms with Crippen LogP contribution in [-0.2, 0) is 13.1 Å². The van der Waals surface area contributed by atoms with Crippen molar-refractivity contribution < 1.29 is 10.6 Å². The zero-order chi connectivity index (χ0) is 18.2. The molecule has 2 atom stereocenters. The summed E-state index contributed by atoms with van der Waals surface area (Å²) in [6, 6.07) is 31.4. The predicted molar refractivity (Wildman–Crippen MR) is 107 cm³/mol. The summed E-state index contributed by atoms with van der Waals surface area (Å²) in [6.45, 7) is 6.56. The molecule has 0 unspecified atom stereocenters. The average molecular weight is 347 g/mol. The first-order chi connectivity index (χ1) is 12.7. The van der Waals surface area contributed by atoms with Gasteiger partial charge in [-0.25, -0.2) is 0 Å². The highest BCUT2D eigenvalue weighted by molar-refractivity contribution is 5.22. The van der Waals surface area contributed by atoms with Crippen LogP contribution in [0.1, 0.15) is 48.2 Å². The number of nitrogens with two attached hydrogens (primary N) is 2. The van der Waals surface area contributed by atoms with Gasteiger partial charge in [-0.05, 0) is 13.8 Å². The summed E-state index contributed by atoms with van der Waals surface area (Å²) in [5, 5.41) is 4.79. The minimum absolute atomic E-state index is 0.482. The van der Waals surface area contributed by atoms with Crippen LogP contribution in [-0.4, -0.2) is 0 Å². The van der Waals surface area contributed by atoms with E-state index in [-0.39, 0.29) is 0 Å². The van der Waals surface area contributed by atoms with E-state index in [0.717, 1.165) is 13.1 Å². The van der Waals surface area contributed by atoms with Crippen molar-refractivity contribution in [3.05, 3.63) is 107 Å². The molecule has 0 spiro atoms. The van der Waals surface area contributed by atoms with Gasteiger partial charge in [0.2, 0.25) is 0 Å². The van der Waals surface area contributed by atoms with Gasteiger partial charge < -0.3 is 10.6 Å². The second-order valence-corrected chi connectivity index (χ2v) is 7.09. The molecule has 0 aliphatic carbocycles. The molecule has 0 radical (unpaired) electrons. The Labute approximate surface area is 157 Å². The third kappa shape index (κ3) is 5.29. The molecule has 0 amide bonds.